The first-order valence-electron chi connectivity index (χ1n) is 4.35. The molecule has 14 heavy (non-hydrogen) atoms. The van der Waals surface area contributed by atoms with Crippen LogP contribution in [0, 0.1) is 0 Å². The van der Waals surface area contributed by atoms with Crippen LogP contribution in [-0.4, -0.2) is 20.3 Å². The molecule has 0 fully saturated rings. The third-order valence-electron chi connectivity index (χ3n) is 1.83. The number of benzene rings is 1. The number of ether oxygens (including phenoxy) is 2. The summed E-state index contributed by atoms with van der Waals surface area (Å²) in [6, 6.07) is 5.71. The predicted octanol–water partition coefficient (Wildman–Crippen LogP) is 2.19. The Labute approximate surface area is 92.3 Å². The van der Waals surface area contributed by atoms with Crippen LogP contribution in [0.15, 0.2) is 22.7 Å². The molecule has 0 atom stereocenters. The van der Waals surface area contributed by atoms with Gasteiger partial charge in [-0.05, 0) is 12.1 Å². The Morgan fingerprint density at radius 1 is 1.36 bits per heavy atom. The summed E-state index contributed by atoms with van der Waals surface area (Å²) < 4.78 is 11.2. The molecule has 0 heterocycles. The molecule has 0 aromatic heterocycles. The average molecular weight is 260 g/mol. The Bertz CT molecular complexity index is 271. The first kappa shape index (κ1) is 11.5. The van der Waals surface area contributed by atoms with Crippen LogP contribution in [0.5, 0.6) is 0 Å². The SMILES string of the molecule is COCCOCc1c(N)cccc1Br. The quantitative estimate of drug-likeness (QED) is 0.652. The van der Waals surface area contributed by atoms with Gasteiger partial charge in [-0.15, -0.1) is 0 Å². The summed E-state index contributed by atoms with van der Waals surface area (Å²) in [5.74, 6) is 0. The Morgan fingerprint density at radius 3 is 2.79 bits per heavy atom. The zero-order valence-electron chi connectivity index (χ0n) is 8.13. The molecule has 0 saturated carbocycles. The second-order valence-corrected chi connectivity index (χ2v) is 3.71. The first-order chi connectivity index (χ1) is 6.75. The summed E-state index contributed by atoms with van der Waals surface area (Å²) >= 11 is 3.43. The molecule has 0 spiro atoms. The standard InChI is InChI=1S/C10H14BrNO2/c1-13-5-6-14-7-8-9(11)3-2-4-10(8)12/h2-4H,5-7,12H2,1H3. The summed E-state index contributed by atoms with van der Waals surface area (Å²) in [5.41, 5.74) is 7.53. The summed E-state index contributed by atoms with van der Waals surface area (Å²) in [4.78, 5) is 0. The molecule has 0 aliphatic heterocycles. The van der Waals surface area contributed by atoms with Gasteiger partial charge in [0.2, 0.25) is 0 Å². The van der Waals surface area contributed by atoms with Crippen molar-refractivity contribution in [3.8, 4) is 0 Å². The van der Waals surface area contributed by atoms with Gasteiger partial charge in [0, 0.05) is 22.8 Å². The van der Waals surface area contributed by atoms with Crippen molar-refractivity contribution in [1.82, 2.24) is 0 Å². The van der Waals surface area contributed by atoms with E-state index in [2.05, 4.69) is 15.9 Å². The highest BCUT2D eigenvalue weighted by Gasteiger charge is 2.03. The van der Waals surface area contributed by atoms with Gasteiger partial charge in [-0.25, -0.2) is 0 Å². The molecule has 0 bridgehead atoms. The Morgan fingerprint density at radius 2 is 2.14 bits per heavy atom. The van der Waals surface area contributed by atoms with E-state index in [-0.39, 0.29) is 0 Å². The van der Waals surface area contributed by atoms with Gasteiger partial charge >= 0.3 is 0 Å². The lowest BCUT2D eigenvalue weighted by Crippen LogP contribution is -2.04. The lowest BCUT2D eigenvalue weighted by molar-refractivity contribution is 0.0617. The highest BCUT2D eigenvalue weighted by molar-refractivity contribution is 9.10. The molecule has 4 heteroatoms. The van der Waals surface area contributed by atoms with E-state index in [1.807, 2.05) is 18.2 Å². The van der Waals surface area contributed by atoms with Gasteiger partial charge in [-0.2, -0.15) is 0 Å². The van der Waals surface area contributed by atoms with Crippen molar-refractivity contribution < 1.29 is 9.47 Å². The summed E-state index contributed by atoms with van der Waals surface area (Å²) in [6.45, 7) is 1.69. The maximum Gasteiger partial charge on any atom is 0.0749 e. The number of nitrogen functional groups attached to an aromatic ring is 1. The van der Waals surface area contributed by atoms with Crippen molar-refractivity contribution in [2.24, 2.45) is 0 Å². The van der Waals surface area contributed by atoms with Crippen molar-refractivity contribution in [2.75, 3.05) is 26.1 Å². The minimum atomic E-state index is 0.511. The van der Waals surface area contributed by atoms with E-state index in [0.717, 1.165) is 15.7 Å². The minimum absolute atomic E-state index is 0.511. The van der Waals surface area contributed by atoms with Crippen LogP contribution in [0.25, 0.3) is 0 Å². The van der Waals surface area contributed by atoms with Crippen molar-refractivity contribution in [2.45, 2.75) is 6.61 Å². The van der Waals surface area contributed by atoms with Crippen LogP contribution in [0.2, 0.25) is 0 Å². The van der Waals surface area contributed by atoms with Crippen LogP contribution in [0.3, 0.4) is 0 Å². The van der Waals surface area contributed by atoms with E-state index >= 15 is 0 Å². The second kappa shape index (κ2) is 6.01. The van der Waals surface area contributed by atoms with E-state index in [4.69, 9.17) is 15.2 Å². The van der Waals surface area contributed by atoms with E-state index < -0.39 is 0 Å². The number of nitrogens with two attached hydrogens (primary N) is 1. The van der Waals surface area contributed by atoms with Gasteiger partial charge in [0.1, 0.15) is 0 Å². The van der Waals surface area contributed by atoms with Gasteiger partial charge in [-0.3, -0.25) is 0 Å². The summed E-state index contributed by atoms with van der Waals surface area (Å²) in [5, 5.41) is 0. The fourth-order valence-electron chi connectivity index (χ4n) is 1.04. The summed E-state index contributed by atoms with van der Waals surface area (Å²) in [7, 11) is 1.65. The highest BCUT2D eigenvalue weighted by Crippen LogP contribution is 2.22. The number of halogens is 1. The molecule has 2 N–H and O–H groups in total. The second-order valence-electron chi connectivity index (χ2n) is 2.85. The maximum absolute atomic E-state index is 5.79. The van der Waals surface area contributed by atoms with Crippen LogP contribution in [0.1, 0.15) is 5.56 Å². The zero-order chi connectivity index (χ0) is 10.4. The lowest BCUT2D eigenvalue weighted by Gasteiger charge is -2.08. The first-order valence-corrected chi connectivity index (χ1v) is 5.14. The third-order valence-corrected chi connectivity index (χ3v) is 2.58. The number of hydrogen-bond donors (Lipinski definition) is 1. The molecule has 0 amide bonds. The fraction of sp³-hybridized carbons (Fsp3) is 0.400. The van der Waals surface area contributed by atoms with Crippen molar-refractivity contribution >= 4 is 21.6 Å². The van der Waals surface area contributed by atoms with Crippen LogP contribution >= 0.6 is 15.9 Å². The Balaban J connectivity index is 2.49. The van der Waals surface area contributed by atoms with Crippen LogP contribution < -0.4 is 5.73 Å². The largest absolute Gasteiger partial charge is 0.398 e. The van der Waals surface area contributed by atoms with Crippen LogP contribution in [0.4, 0.5) is 5.69 Å². The Hall–Kier alpha value is -0.580. The van der Waals surface area contributed by atoms with Crippen molar-refractivity contribution in [3.05, 3.63) is 28.2 Å². The van der Waals surface area contributed by atoms with E-state index in [0.29, 0.717) is 19.8 Å². The number of methoxy groups -OCH3 is 1. The zero-order valence-corrected chi connectivity index (χ0v) is 9.71. The maximum atomic E-state index is 5.79. The van der Waals surface area contributed by atoms with Gasteiger partial charge in [0.05, 0.1) is 19.8 Å². The van der Waals surface area contributed by atoms with Gasteiger partial charge < -0.3 is 15.2 Å². The average Bonchev–Trinajstić information content (AvgIpc) is 2.16. The van der Waals surface area contributed by atoms with E-state index in [1.54, 1.807) is 7.11 Å². The molecule has 1 aromatic carbocycles. The monoisotopic (exact) mass is 259 g/mol. The predicted molar refractivity (Wildman–Crippen MR) is 60.1 cm³/mol. The van der Waals surface area contributed by atoms with E-state index in [1.165, 1.54) is 0 Å². The molecule has 78 valence electrons. The molecular weight excluding hydrogens is 246 g/mol. The topological polar surface area (TPSA) is 44.5 Å². The molecule has 3 nitrogen and oxygen atoms in total. The molecule has 1 aromatic rings. The molecule has 0 aliphatic rings. The number of anilines is 1. The lowest BCUT2D eigenvalue weighted by atomic mass is 10.2. The van der Waals surface area contributed by atoms with E-state index in [9.17, 15) is 0 Å². The number of rotatable bonds is 5. The number of hydrogen-bond acceptors (Lipinski definition) is 3. The molecular formula is C10H14BrNO2. The van der Waals surface area contributed by atoms with Gasteiger partial charge in [0.25, 0.3) is 0 Å². The van der Waals surface area contributed by atoms with Crippen molar-refractivity contribution in [3.63, 3.8) is 0 Å². The molecule has 0 radical (unpaired) electrons. The highest BCUT2D eigenvalue weighted by atomic mass is 79.9. The van der Waals surface area contributed by atoms with Gasteiger partial charge in [0.15, 0.2) is 0 Å². The molecule has 0 unspecified atom stereocenters. The van der Waals surface area contributed by atoms with Crippen LogP contribution in [-0.2, 0) is 16.1 Å². The molecule has 0 aliphatic carbocycles. The molecule has 0 saturated heterocycles. The third kappa shape index (κ3) is 3.29. The smallest absolute Gasteiger partial charge is 0.0749 e. The fourth-order valence-corrected chi connectivity index (χ4v) is 1.54. The Kier molecular flexibility index (Phi) is 4.93. The normalized spacial score (nSPS) is 10.4. The minimum Gasteiger partial charge on any atom is -0.398 e. The summed E-state index contributed by atoms with van der Waals surface area (Å²) in [6.07, 6.45) is 0. The van der Waals surface area contributed by atoms with Gasteiger partial charge in [-0.1, -0.05) is 22.0 Å². The van der Waals surface area contributed by atoms with Crippen molar-refractivity contribution in [1.29, 1.82) is 0 Å². The molecule has 1 rings (SSSR count).